The van der Waals surface area contributed by atoms with Crippen molar-refractivity contribution in [2.45, 2.75) is 19.8 Å². The number of amides is 1. The van der Waals surface area contributed by atoms with Gasteiger partial charge in [-0.2, -0.15) is 0 Å². The van der Waals surface area contributed by atoms with Crippen molar-refractivity contribution in [2.24, 2.45) is 0 Å². The van der Waals surface area contributed by atoms with Gasteiger partial charge in [0.25, 0.3) is 5.91 Å². The van der Waals surface area contributed by atoms with Crippen LogP contribution in [0.3, 0.4) is 0 Å². The molecule has 3 aromatic carbocycles. The largest absolute Gasteiger partial charge is 0.298 e. The van der Waals surface area contributed by atoms with Crippen molar-refractivity contribution in [2.75, 3.05) is 5.32 Å². The van der Waals surface area contributed by atoms with E-state index in [0.29, 0.717) is 10.7 Å². The monoisotopic (exact) mass is 372 g/mol. The summed E-state index contributed by atoms with van der Waals surface area (Å²) in [4.78, 5) is 18.0. The van der Waals surface area contributed by atoms with E-state index in [0.717, 1.165) is 28.5 Å². The lowest BCUT2D eigenvalue weighted by Crippen LogP contribution is -2.11. The second-order valence-corrected chi connectivity index (χ2v) is 7.61. The fourth-order valence-electron chi connectivity index (χ4n) is 3.04. The molecule has 1 heterocycles. The molecule has 0 radical (unpaired) electrons. The van der Waals surface area contributed by atoms with Crippen molar-refractivity contribution in [1.29, 1.82) is 0 Å². The van der Waals surface area contributed by atoms with Gasteiger partial charge in [0.05, 0.1) is 0 Å². The molecule has 0 fully saturated rings. The Morgan fingerprint density at radius 3 is 2.48 bits per heavy atom. The highest BCUT2D eigenvalue weighted by Crippen LogP contribution is 2.23. The quantitative estimate of drug-likeness (QED) is 0.488. The number of hydrogen-bond acceptors (Lipinski definition) is 3. The molecule has 1 amide bonds. The molecule has 0 bridgehead atoms. The van der Waals surface area contributed by atoms with Crippen LogP contribution in [0.4, 0.5) is 5.13 Å². The van der Waals surface area contributed by atoms with Crippen LogP contribution in [-0.4, -0.2) is 10.9 Å². The third-order valence-corrected chi connectivity index (χ3v) is 5.51. The first-order chi connectivity index (χ1) is 13.2. The normalized spacial score (nSPS) is 10.9. The van der Waals surface area contributed by atoms with Gasteiger partial charge in [0.15, 0.2) is 5.13 Å². The number of aryl methyl sites for hydroxylation is 1. The number of thiazole rings is 1. The topological polar surface area (TPSA) is 42.0 Å². The van der Waals surface area contributed by atoms with E-state index in [9.17, 15) is 4.79 Å². The average molecular weight is 372 g/mol. The van der Waals surface area contributed by atoms with E-state index in [1.807, 2.05) is 48.7 Å². The van der Waals surface area contributed by atoms with Crippen molar-refractivity contribution in [3.05, 3.63) is 94.5 Å². The molecule has 27 heavy (non-hydrogen) atoms. The van der Waals surface area contributed by atoms with Crippen molar-refractivity contribution < 1.29 is 4.79 Å². The van der Waals surface area contributed by atoms with Crippen LogP contribution in [0.1, 0.15) is 33.3 Å². The summed E-state index contributed by atoms with van der Waals surface area (Å²) in [6, 6.07) is 22.4. The highest BCUT2D eigenvalue weighted by atomic mass is 32.1. The van der Waals surface area contributed by atoms with Crippen LogP contribution in [-0.2, 0) is 12.8 Å². The summed E-state index contributed by atoms with van der Waals surface area (Å²) in [5.41, 5.74) is 3.23. The lowest BCUT2D eigenvalue weighted by Gasteiger charge is -2.04. The minimum absolute atomic E-state index is 0.131. The van der Waals surface area contributed by atoms with Crippen LogP contribution in [0.5, 0.6) is 0 Å². The Labute approximate surface area is 162 Å². The van der Waals surface area contributed by atoms with E-state index in [4.69, 9.17) is 0 Å². The molecule has 3 nitrogen and oxygen atoms in total. The number of carbonyl (C=O) groups is 1. The molecule has 4 rings (SSSR count). The molecule has 0 aliphatic heterocycles. The Morgan fingerprint density at radius 1 is 0.963 bits per heavy atom. The summed E-state index contributed by atoms with van der Waals surface area (Å²) in [6.07, 6.45) is 3.72. The van der Waals surface area contributed by atoms with Crippen LogP contribution in [0.25, 0.3) is 10.8 Å². The third-order valence-electron chi connectivity index (χ3n) is 4.60. The Morgan fingerprint density at radius 2 is 1.70 bits per heavy atom. The van der Waals surface area contributed by atoms with E-state index in [1.165, 1.54) is 22.5 Å². The van der Waals surface area contributed by atoms with Gasteiger partial charge >= 0.3 is 0 Å². The minimum Gasteiger partial charge on any atom is -0.298 e. The molecular formula is C23H20N2OS. The van der Waals surface area contributed by atoms with Gasteiger partial charge in [-0.3, -0.25) is 10.1 Å². The molecule has 0 aliphatic rings. The minimum atomic E-state index is -0.131. The summed E-state index contributed by atoms with van der Waals surface area (Å²) in [5, 5.41) is 5.73. The van der Waals surface area contributed by atoms with E-state index >= 15 is 0 Å². The highest BCUT2D eigenvalue weighted by molar-refractivity contribution is 7.15. The molecule has 1 N–H and O–H groups in total. The summed E-state index contributed by atoms with van der Waals surface area (Å²) >= 11 is 1.52. The molecule has 0 atom stereocenters. The maximum atomic E-state index is 12.6. The van der Waals surface area contributed by atoms with Crippen LogP contribution >= 0.6 is 11.3 Å². The number of nitrogens with zero attached hydrogens (tertiary/aromatic N) is 1. The lowest BCUT2D eigenvalue weighted by atomic mass is 10.1. The van der Waals surface area contributed by atoms with Crippen molar-refractivity contribution >= 4 is 33.1 Å². The van der Waals surface area contributed by atoms with Gasteiger partial charge < -0.3 is 0 Å². The molecule has 0 saturated heterocycles. The average Bonchev–Trinajstić information content (AvgIpc) is 3.15. The lowest BCUT2D eigenvalue weighted by molar-refractivity contribution is 0.102. The zero-order valence-corrected chi connectivity index (χ0v) is 15.9. The van der Waals surface area contributed by atoms with Gasteiger partial charge in [-0.1, -0.05) is 61.5 Å². The Hall–Kier alpha value is -2.98. The van der Waals surface area contributed by atoms with Crippen LogP contribution < -0.4 is 5.32 Å². The van der Waals surface area contributed by atoms with Crippen LogP contribution in [0.2, 0.25) is 0 Å². The first kappa shape index (κ1) is 17.4. The van der Waals surface area contributed by atoms with Crippen molar-refractivity contribution in [3.63, 3.8) is 0 Å². The summed E-state index contributed by atoms with van der Waals surface area (Å²) < 4.78 is 0. The number of anilines is 1. The first-order valence-electron chi connectivity index (χ1n) is 9.04. The summed E-state index contributed by atoms with van der Waals surface area (Å²) in [6.45, 7) is 2.16. The maximum Gasteiger partial charge on any atom is 0.257 e. The summed E-state index contributed by atoms with van der Waals surface area (Å²) in [7, 11) is 0. The van der Waals surface area contributed by atoms with E-state index < -0.39 is 0 Å². The van der Waals surface area contributed by atoms with Crippen LogP contribution in [0, 0.1) is 0 Å². The molecule has 0 aliphatic carbocycles. The number of fused-ring (bicyclic) bond motifs is 1. The number of aromatic nitrogens is 1. The number of nitrogens with one attached hydrogen (secondary N) is 1. The predicted molar refractivity (Wildman–Crippen MR) is 113 cm³/mol. The summed E-state index contributed by atoms with van der Waals surface area (Å²) in [5.74, 6) is -0.131. The van der Waals surface area contributed by atoms with Crippen LogP contribution in [0.15, 0.2) is 72.9 Å². The Balaban J connectivity index is 1.45. The molecule has 0 saturated carbocycles. The van der Waals surface area contributed by atoms with Gasteiger partial charge in [0, 0.05) is 23.1 Å². The molecular weight excluding hydrogens is 352 g/mol. The maximum absolute atomic E-state index is 12.6. The zero-order valence-electron chi connectivity index (χ0n) is 15.1. The second kappa shape index (κ2) is 7.72. The molecule has 4 aromatic rings. The fraction of sp³-hybridized carbons (Fsp3) is 0.130. The standard InChI is InChI=1S/C23H20N2OS/c1-2-16-7-9-17(10-8-16)13-21-15-24-23(27-21)25-22(26)20-12-11-18-5-3-4-6-19(18)14-20/h3-12,14-15H,2,13H2,1H3,(H,24,25,26). The molecule has 4 heteroatoms. The third kappa shape index (κ3) is 4.07. The fourth-order valence-corrected chi connectivity index (χ4v) is 3.88. The Kier molecular flexibility index (Phi) is 4.99. The predicted octanol–water partition coefficient (Wildman–Crippen LogP) is 5.70. The molecule has 0 spiro atoms. The highest BCUT2D eigenvalue weighted by Gasteiger charge is 2.10. The van der Waals surface area contributed by atoms with E-state index in [2.05, 4.69) is 41.5 Å². The van der Waals surface area contributed by atoms with Crippen molar-refractivity contribution in [3.8, 4) is 0 Å². The van der Waals surface area contributed by atoms with Gasteiger partial charge in [-0.05, 0) is 40.5 Å². The van der Waals surface area contributed by atoms with Gasteiger partial charge in [-0.25, -0.2) is 4.98 Å². The molecule has 0 unspecified atom stereocenters. The van der Waals surface area contributed by atoms with Gasteiger partial charge in [-0.15, -0.1) is 11.3 Å². The smallest absolute Gasteiger partial charge is 0.257 e. The molecule has 1 aromatic heterocycles. The van der Waals surface area contributed by atoms with E-state index in [1.54, 1.807) is 0 Å². The van der Waals surface area contributed by atoms with Crippen molar-refractivity contribution in [1.82, 2.24) is 4.98 Å². The number of benzene rings is 3. The number of carbonyl (C=O) groups excluding carboxylic acids is 1. The zero-order chi connectivity index (χ0) is 18.6. The molecule has 134 valence electrons. The van der Waals surface area contributed by atoms with Gasteiger partial charge in [0.1, 0.15) is 0 Å². The first-order valence-corrected chi connectivity index (χ1v) is 9.85. The second-order valence-electron chi connectivity index (χ2n) is 6.49. The number of hydrogen-bond donors (Lipinski definition) is 1. The number of rotatable bonds is 5. The van der Waals surface area contributed by atoms with E-state index in [-0.39, 0.29) is 5.91 Å². The van der Waals surface area contributed by atoms with Gasteiger partial charge in [0.2, 0.25) is 0 Å². The SMILES string of the molecule is CCc1ccc(Cc2cnc(NC(=O)c3ccc4ccccc4c3)s2)cc1. The Bertz CT molecular complexity index is 1080.